The van der Waals surface area contributed by atoms with Gasteiger partial charge in [-0.15, -0.1) is 5.10 Å². The van der Waals surface area contributed by atoms with Gasteiger partial charge in [-0.05, 0) is 39.0 Å². The maximum Gasteiger partial charge on any atom is 0.0725 e. The van der Waals surface area contributed by atoms with Gasteiger partial charge >= 0.3 is 0 Å². The molecule has 3 heteroatoms. The maximum absolute atomic E-state index is 4.15. The predicted molar refractivity (Wildman–Crippen MR) is 71.8 cm³/mol. The van der Waals surface area contributed by atoms with Crippen LogP contribution in [0.4, 0.5) is 0 Å². The zero-order valence-corrected chi connectivity index (χ0v) is 11.6. The van der Waals surface area contributed by atoms with Crippen LogP contribution in [-0.4, -0.2) is 15.0 Å². The molecule has 17 heavy (non-hydrogen) atoms. The second-order valence-corrected chi connectivity index (χ2v) is 5.30. The minimum Gasteiger partial charge on any atom is -0.249 e. The summed E-state index contributed by atoms with van der Waals surface area (Å²) in [5, 5.41) is 8.16. The van der Waals surface area contributed by atoms with Gasteiger partial charge in [0, 0.05) is 6.54 Å². The fourth-order valence-corrected chi connectivity index (χ4v) is 1.83. The molecule has 1 heterocycles. The van der Waals surface area contributed by atoms with Gasteiger partial charge in [0.1, 0.15) is 0 Å². The summed E-state index contributed by atoms with van der Waals surface area (Å²) in [7, 11) is 0. The van der Waals surface area contributed by atoms with Crippen LogP contribution in [0.5, 0.6) is 0 Å². The van der Waals surface area contributed by atoms with Crippen LogP contribution in [0.25, 0.3) is 0 Å². The molecule has 1 aromatic rings. The van der Waals surface area contributed by atoms with Crippen molar-refractivity contribution in [3.05, 3.63) is 23.5 Å². The molecule has 1 rings (SSSR count). The maximum atomic E-state index is 4.15. The highest BCUT2D eigenvalue weighted by atomic mass is 15.4. The molecular formula is C14H25N3. The molecule has 0 bridgehead atoms. The summed E-state index contributed by atoms with van der Waals surface area (Å²) in [4.78, 5) is 0. The third kappa shape index (κ3) is 5.66. The normalized spacial score (nSPS) is 10.9. The van der Waals surface area contributed by atoms with Gasteiger partial charge in [0.2, 0.25) is 0 Å². The van der Waals surface area contributed by atoms with Crippen molar-refractivity contribution in [2.45, 2.75) is 59.9 Å². The van der Waals surface area contributed by atoms with Crippen molar-refractivity contribution in [2.75, 3.05) is 0 Å². The quantitative estimate of drug-likeness (QED) is 0.676. The molecule has 0 fully saturated rings. The van der Waals surface area contributed by atoms with Crippen molar-refractivity contribution in [2.24, 2.45) is 5.92 Å². The molecule has 0 aromatic carbocycles. The molecule has 96 valence electrons. The third-order valence-electron chi connectivity index (χ3n) is 2.81. The van der Waals surface area contributed by atoms with E-state index in [1.165, 1.54) is 24.1 Å². The Kier molecular flexibility index (Phi) is 5.95. The fourth-order valence-electron chi connectivity index (χ4n) is 1.83. The number of aromatic nitrogens is 3. The van der Waals surface area contributed by atoms with Gasteiger partial charge in [-0.25, -0.2) is 4.68 Å². The number of hydrogen-bond acceptors (Lipinski definition) is 2. The Morgan fingerprint density at radius 3 is 2.82 bits per heavy atom. The predicted octanol–water partition coefficient (Wildman–Crippen LogP) is 3.61. The lowest BCUT2D eigenvalue weighted by molar-refractivity contribution is 0.525. The molecule has 0 aliphatic heterocycles. The third-order valence-corrected chi connectivity index (χ3v) is 2.81. The zero-order valence-electron chi connectivity index (χ0n) is 11.6. The SMILES string of the molecule is CC(C)=CCCn1nncc1CCCC(C)C. The average Bonchev–Trinajstić information content (AvgIpc) is 2.65. The Labute approximate surface area is 105 Å². The van der Waals surface area contributed by atoms with Gasteiger partial charge in [0.15, 0.2) is 0 Å². The molecule has 1 aromatic heterocycles. The first kappa shape index (κ1) is 13.9. The van der Waals surface area contributed by atoms with Crippen LogP contribution in [0.3, 0.4) is 0 Å². The molecule has 0 unspecified atom stereocenters. The summed E-state index contributed by atoms with van der Waals surface area (Å²) in [6.07, 6.45) is 8.80. The lowest BCUT2D eigenvalue weighted by Gasteiger charge is -2.06. The van der Waals surface area contributed by atoms with E-state index in [0.717, 1.165) is 25.3 Å². The van der Waals surface area contributed by atoms with Gasteiger partial charge in [-0.2, -0.15) is 0 Å². The van der Waals surface area contributed by atoms with Gasteiger partial charge in [-0.1, -0.05) is 37.1 Å². The lowest BCUT2D eigenvalue weighted by Crippen LogP contribution is -2.05. The molecule has 0 aliphatic carbocycles. The second-order valence-electron chi connectivity index (χ2n) is 5.30. The van der Waals surface area contributed by atoms with Crippen LogP contribution in [0.15, 0.2) is 17.8 Å². The largest absolute Gasteiger partial charge is 0.249 e. The minimum absolute atomic E-state index is 0.782. The summed E-state index contributed by atoms with van der Waals surface area (Å²) in [5.41, 5.74) is 2.64. The Balaban J connectivity index is 2.40. The smallest absolute Gasteiger partial charge is 0.0725 e. The van der Waals surface area contributed by atoms with Crippen LogP contribution in [-0.2, 0) is 13.0 Å². The number of rotatable bonds is 7. The van der Waals surface area contributed by atoms with E-state index in [0.29, 0.717) is 0 Å². The molecule has 0 spiro atoms. The lowest BCUT2D eigenvalue weighted by atomic mass is 10.1. The van der Waals surface area contributed by atoms with Crippen molar-refractivity contribution < 1.29 is 0 Å². The summed E-state index contributed by atoms with van der Waals surface area (Å²) >= 11 is 0. The van der Waals surface area contributed by atoms with Crippen LogP contribution < -0.4 is 0 Å². The second kappa shape index (κ2) is 7.25. The van der Waals surface area contributed by atoms with Crippen LogP contribution in [0.1, 0.15) is 52.7 Å². The van der Waals surface area contributed by atoms with E-state index in [1.807, 2.05) is 10.9 Å². The van der Waals surface area contributed by atoms with E-state index in [1.54, 1.807) is 0 Å². The van der Waals surface area contributed by atoms with Crippen molar-refractivity contribution in [1.82, 2.24) is 15.0 Å². The van der Waals surface area contributed by atoms with Crippen molar-refractivity contribution in [3.8, 4) is 0 Å². The molecule has 0 saturated heterocycles. The molecule has 3 nitrogen and oxygen atoms in total. The van der Waals surface area contributed by atoms with Gasteiger partial charge < -0.3 is 0 Å². The summed E-state index contributed by atoms with van der Waals surface area (Å²) in [5.74, 6) is 0.782. The van der Waals surface area contributed by atoms with E-state index in [4.69, 9.17) is 0 Å². The highest BCUT2D eigenvalue weighted by Crippen LogP contribution is 2.09. The first-order valence-corrected chi connectivity index (χ1v) is 6.60. The summed E-state index contributed by atoms with van der Waals surface area (Å²) in [6, 6.07) is 0. The monoisotopic (exact) mass is 235 g/mol. The van der Waals surface area contributed by atoms with E-state index in [2.05, 4.69) is 44.1 Å². The summed E-state index contributed by atoms with van der Waals surface area (Å²) in [6.45, 7) is 9.74. The Morgan fingerprint density at radius 2 is 2.18 bits per heavy atom. The molecule has 0 amide bonds. The number of hydrogen-bond donors (Lipinski definition) is 0. The number of allylic oxidation sites excluding steroid dienone is 2. The van der Waals surface area contributed by atoms with Crippen LogP contribution in [0.2, 0.25) is 0 Å². The highest BCUT2D eigenvalue weighted by molar-refractivity contribution is 4.96. The Bertz CT molecular complexity index is 346. The van der Waals surface area contributed by atoms with Crippen molar-refractivity contribution in [3.63, 3.8) is 0 Å². The van der Waals surface area contributed by atoms with E-state index < -0.39 is 0 Å². The Morgan fingerprint density at radius 1 is 1.41 bits per heavy atom. The summed E-state index contributed by atoms with van der Waals surface area (Å²) < 4.78 is 2.04. The van der Waals surface area contributed by atoms with Crippen LogP contribution in [0, 0.1) is 5.92 Å². The fraction of sp³-hybridized carbons (Fsp3) is 0.714. The molecule has 0 atom stereocenters. The van der Waals surface area contributed by atoms with Gasteiger partial charge in [-0.3, -0.25) is 0 Å². The Hall–Kier alpha value is -1.12. The topological polar surface area (TPSA) is 30.7 Å². The first-order chi connectivity index (χ1) is 8.09. The van der Waals surface area contributed by atoms with E-state index >= 15 is 0 Å². The minimum atomic E-state index is 0.782. The highest BCUT2D eigenvalue weighted by Gasteiger charge is 2.03. The van der Waals surface area contributed by atoms with E-state index in [-0.39, 0.29) is 0 Å². The molecule has 0 radical (unpaired) electrons. The standard InChI is InChI=1S/C14H25N3/c1-12(2)7-5-9-14-11-15-16-17(14)10-6-8-13(3)4/h8,11-12H,5-7,9-10H2,1-4H3. The molecule has 0 aliphatic rings. The number of aryl methyl sites for hydroxylation is 2. The molecular weight excluding hydrogens is 210 g/mol. The average molecular weight is 235 g/mol. The van der Waals surface area contributed by atoms with Crippen LogP contribution >= 0.6 is 0 Å². The van der Waals surface area contributed by atoms with E-state index in [9.17, 15) is 0 Å². The van der Waals surface area contributed by atoms with Gasteiger partial charge in [0.25, 0.3) is 0 Å². The van der Waals surface area contributed by atoms with Gasteiger partial charge in [0.05, 0.1) is 11.9 Å². The van der Waals surface area contributed by atoms with Crippen molar-refractivity contribution >= 4 is 0 Å². The molecule has 0 N–H and O–H groups in total. The molecule has 0 saturated carbocycles. The van der Waals surface area contributed by atoms with Crippen molar-refractivity contribution in [1.29, 1.82) is 0 Å². The number of nitrogens with zero attached hydrogens (tertiary/aromatic N) is 3. The first-order valence-electron chi connectivity index (χ1n) is 6.60. The zero-order chi connectivity index (χ0) is 12.7.